The molecule has 0 unspecified atom stereocenters. The van der Waals surface area contributed by atoms with E-state index >= 15 is 0 Å². The molecular weight excluding hydrogens is 400 g/mol. The lowest BCUT2D eigenvalue weighted by Gasteiger charge is -2.26. The Morgan fingerprint density at radius 2 is 1.77 bits per heavy atom. The van der Waals surface area contributed by atoms with Crippen LogP contribution in [-0.4, -0.2) is 54.0 Å². The molecule has 1 amide bonds. The molecule has 2 aromatic rings. The molecule has 0 atom stereocenters. The lowest BCUT2D eigenvalue weighted by atomic mass is 9.97. The smallest absolute Gasteiger partial charge is 0.228 e. The van der Waals surface area contributed by atoms with Crippen LogP contribution >= 0.6 is 0 Å². The van der Waals surface area contributed by atoms with Crippen molar-refractivity contribution in [2.45, 2.75) is 37.4 Å². The third-order valence-electron chi connectivity index (χ3n) is 6.16. The Bertz CT molecular complexity index is 1150. The molecule has 3 aliphatic rings. The Balaban J connectivity index is 1.39. The molecule has 30 heavy (non-hydrogen) atoms. The van der Waals surface area contributed by atoms with Gasteiger partial charge in [-0.2, -0.15) is 4.31 Å². The normalized spacial score (nSPS) is 20.1. The fourth-order valence-electron chi connectivity index (χ4n) is 4.17. The number of hydrogen-bond donors (Lipinski definition) is 0. The van der Waals surface area contributed by atoms with Crippen molar-refractivity contribution < 1.29 is 13.2 Å². The summed E-state index contributed by atoms with van der Waals surface area (Å²) in [5.74, 6) is 0.819. The number of aryl methyl sites for hydroxylation is 1. The molecule has 0 radical (unpaired) electrons. The van der Waals surface area contributed by atoms with Crippen LogP contribution in [0.3, 0.4) is 0 Å². The summed E-state index contributed by atoms with van der Waals surface area (Å²) < 4.78 is 26.5. The molecule has 156 valence electrons. The molecule has 0 spiro atoms. The van der Waals surface area contributed by atoms with E-state index in [0.717, 1.165) is 46.5 Å². The zero-order valence-corrected chi connectivity index (χ0v) is 17.7. The molecule has 0 saturated heterocycles. The van der Waals surface area contributed by atoms with Crippen LogP contribution in [0.1, 0.15) is 36.8 Å². The number of pyridine rings is 2. The standard InChI is InChI=1S/C22H24N4O3S/c1-25-21(27)5-2-16-10-19(14-24-22(16)25)18-11-17(12-23-13-18)15-6-8-26(9-7-15)30(28,29)20-3-4-20/h6,10-14,20H,2-5,7-9H2,1H3. The molecule has 1 aliphatic carbocycles. The number of rotatable bonds is 4. The van der Waals surface area contributed by atoms with Crippen molar-refractivity contribution in [1.29, 1.82) is 0 Å². The summed E-state index contributed by atoms with van der Waals surface area (Å²) in [6, 6.07) is 4.18. The first kappa shape index (κ1) is 19.4. The topological polar surface area (TPSA) is 83.5 Å². The molecule has 8 heteroatoms. The van der Waals surface area contributed by atoms with Gasteiger partial charge in [0.2, 0.25) is 15.9 Å². The number of carbonyl (C=O) groups is 1. The van der Waals surface area contributed by atoms with Gasteiger partial charge < -0.3 is 0 Å². The Kier molecular flexibility index (Phi) is 4.71. The fourth-order valence-corrected chi connectivity index (χ4v) is 5.95. The van der Waals surface area contributed by atoms with Crippen molar-refractivity contribution in [2.24, 2.45) is 0 Å². The Hall–Kier alpha value is -2.58. The molecule has 4 heterocycles. The van der Waals surface area contributed by atoms with Crippen LogP contribution in [0.5, 0.6) is 0 Å². The van der Waals surface area contributed by atoms with Crippen LogP contribution in [0.4, 0.5) is 5.82 Å². The van der Waals surface area contributed by atoms with E-state index in [2.05, 4.69) is 22.1 Å². The van der Waals surface area contributed by atoms with Gasteiger partial charge in [-0.25, -0.2) is 13.4 Å². The van der Waals surface area contributed by atoms with Gasteiger partial charge in [-0.15, -0.1) is 0 Å². The molecule has 0 aromatic carbocycles. The average Bonchev–Trinajstić information content (AvgIpc) is 3.62. The molecular formula is C22H24N4O3S. The van der Waals surface area contributed by atoms with Crippen LogP contribution in [-0.2, 0) is 21.2 Å². The summed E-state index contributed by atoms with van der Waals surface area (Å²) in [7, 11) is -1.36. The summed E-state index contributed by atoms with van der Waals surface area (Å²) in [5.41, 5.74) is 5.15. The molecule has 1 fully saturated rings. The number of fused-ring (bicyclic) bond motifs is 1. The van der Waals surface area contributed by atoms with E-state index in [0.29, 0.717) is 32.4 Å². The van der Waals surface area contributed by atoms with Gasteiger partial charge in [-0.1, -0.05) is 6.08 Å². The Labute approximate surface area is 176 Å². The van der Waals surface area contributed by atoms with E-state index in [1.807, 2.05) is 18.5 Å². The number of carbonyl (C=O) groups excluding carboxylic acids is 1. The van der Waals surface area contributed by atoms with Gasteiger partial charge in [0.25, 0.3) is 0 Å². The highest BCUT2D eigenvalue weighted by Gasteiger charge is 2.40. The van der Waals surface area contributed by atoms with Gasteiger partial charge >= 0.3 is 0 Å². The molecule has 0 bridgehead atoms. The first-order valence-corrected chi connectivity index (χ1v) is 11.8. The summed E-state index contributed by atoms with van der Waals surface area (Å²) in [6.07, 6.45) is 10.9. The van der Waals surface area contributed by atoms with Gasteiger partial charge in [0.1, 0.15) is 5.82 Å². The SMILES string of the molecule is CN1C(=O)CCc2cc(-c3cncc(C4=CCN(S(=O)(=O)C5CC5)CC4)c3)cnc21. The largest absolute Gasteiger partial charge is 0.300 e. The van der Waals surface area contributed by atoms with Crippen LogP contribution in [0.25, 0.3) is 16.7 Å². The van der Waals surface area contributed by atoms with Gasteiger partial charge in [-0.3, -0.25) is 14.7 Å². The highest BCUT2D eigenvalue weighted by molar-refractivity contribution is 7.90. The number of nitrogens with zero attached hydrogens (tertiary/aromatic N) is 4. The molecule has 0 N–H and O–H groups in total. The summed E-state index contributed by atoms with van der Waals surface area (Å²) in [4.78, 5) is 22.4. The van der Waals surface area contributed by atoms with E-state index in [-0.39, 0.29) is 11.2 Å². The van der Waals surface area contributed by atoms with Gasteiger partial charge in [0, 0.05) is 56.3 Å². The third-order valence-corrected chi connectivity index (χ3v) is 8.53. The second kappa shape index (κ2) is 7.28. The van der Waals surface area contributed by atoms with E-state index in [1.165, 1.54) is 0 Å². The highest BCUT2D eigenvalue weighted by atomic mass is 32.2. The second-order valence-electron chi connectivity index (χ2n) is 8.20. The molecule has 1 saturated carbocycles. The Morgan fingerprint density at radius 1 is 1.00 bits per heavy atom. The Morgan fingerprint density at radius 3 is 2.50 bits per heavy atom. The molecule has 7 nitrogen and oxygen atoms in total. The number of amides is 1. The van der Waals surface area contributed by atoms with Gasteiger partial charge in [0.15, 0.2) is 0 Å². The maximum Gasteiger partial charge on any atom is 0.228 e. The maximum absolute atomic E-state index is 12.4. The first-order chi connectivity index (χ1) is 14.4. The summed E-state index contributed by atoms with van der Waals surface area (Å²) in [6.45, 7) is 0.953. The third kappa shape index (κ3) is 3.44. The van der Waals surface area contributed by atoms with Crippen molar-refractivity contribution in [3.63, 3.8) is 0 Å². The maximum atomic E-state index is 12.4. The lowest BCUT2D eigenvalue weighted by Crippen LogP contribution is -2.36. The summed E-state index contributed by atoms with van der Waals surface area (Å²) >= 11 is 0. The van der Waals surface area contributed by atoms with Crippen LogP contribution in [0.2, 0.25) is 0 Å². The first-order valence-electron chi connectivity index (χ1n) is 10.3. The lowest BCUT2D eigenvalue weighted by molar-refractivity contribution is -0.118. The van der Waals surface area contributed by atoms with Crippen LogP contribution in [0.15, 0.2) is 36.8 Å². The van der Waals surface area contributed by atoms with Crippen molar-refractivity contribution >= 4 is 27.3 Å². The minimum atomic E-state index is -3.13. The fraction of sp³-hybridized carbons (Fsp3) is 0.409. The minimum absolute atomic E-state index is 0.0911. The van der Waals surface area contributed by atoms with E-state index in [9.17, 15) is 13.2 Å². The van der Waals surface area contributed by atoms with Crippen molar-refractivity contribution in [2.75, 3.05) is 25.0 Å². The van der Waals surface area contributed by atoms with E-state index in [4.69, 9.17) is 0 Å². The minimum Gasteiger partial charge on any atom is -0.300 e. The quantitative estimate of drug-likeness (QED) is 0.753. The van der Waals surface area contributed by atoms with Gasteiger partial charge in [-0.05, 0) is 54.5 Å². The molecule has 5 rings (SSSR count). The zero-order chi connectivity index (χ0) is 20.9. The van der Waals surface area contributed by atoms with Gasteiger partial charge in [0.05, 0.1) is 5.25 Å². The monoisotopic (exact) mass is 424 g/mol. The van der Waals surface area contributed by atoms with E-state index < -0.39 is 10.0 Å². The number of hydrogen-bond acceptors (Lipinski definition) is 5. The summed E-state index contributed by atoms with van der Waals surface area (Å²) in [5, 5.41) is -0.164. The second-order valence-corrected chi connectivity index (χ2v) is 10.4. The van der Waals surface area contributed by atoms with Crippen LogP contribution in [0, 0.1) is 0 Å². The predicted octanol–water partition coefficient (Wildman–Crippen LogP) is 2.63. The number of anilines is 1. The van der Waals surface area contributed by atoms with Crippen molar-refractivity contribution in [3.05, 3.63) is 47.9 Å². The molecule has 2 aliphatic heterocycles. The van der Waals surface area contributed by atoms with E-state index in [1.54, 1.807) is 22.4 Å². The van der Waals surface area contributed by atoms with Crippen molar-refractivity contribution in [1.82, 2.24) is 14.3 Å². The highest BCUT2D eigenvalue weighted by Crippen LogP contribution is 2.34. The molecule has 2 aromatic heterocycles. The predicted molar refractivity (Wildman–Crippen MR) is 115 cm³/mol. The number of aromatic nitrogens is 2. The average molecular weight is 425 g/mol. The van der Waals surface area contributed by atoms with Crippen LogP contribution < -0.4 is 4.90 Å². The number of sulfonamides is 1. The zero-order valence-electron chi connectivity index (χ0n) is 16.9. The van der Waals surface area contributed by atoms with Crippen molar-refractivity contribution in [3.8, 4) is 11.1 Å².